The molecule has 38 heavy (non-hydrogen) atoms. The van der Waals surface area contributed by atoms with Crippen LogP contribution in [0.2, 0.25) is 0 Å². The number of primary amides is 1. The molecule has 3 heterocycles. The average Bonchev–Trinajstić information content (AvgIpc) is 2.90. The molecular weight excluding hydrogens is 482 g/mol. The van der Waals surface area contributed by atoms with Crippen molar-refractivity contribution in [1.82, 2.24) is 14.8 Å². The number of piperazine rings is 1. The van der Waals surface area contributed by atoms with Crippen molar-refractivity contribution in [2.45, 2.75) is 33.2 Å². The summed E-state index contributed by atoms with van der Waals surface area (Å²) in [6.07, 6.45) is 3.64. The monoisotopic (exact) mass is 521 g/mol. The van der Waals surface area contributed by atoms with Gasteiger partial charge in [0, 0.05) is 68.9 Å². The van der Waals surface area contributed by atoms with Crippen LogP contribution in [0.15, 0.2) is 48.4 Å². The molecular formula is C28H39N7O3. The highest BCUT2D eigenvalue weighted by atomic mass is 16.6. The fourth-order valence-electron chi connectivity index (χ4n) is 4.79. The standard InChI is InChI=1S/C28H39N7O3/c1-5-20(3)38-28(37)35-11-10-24(19(2)18-35)32-25-16-26(30-17-23(25)27(29)36)31-21-6-8-22(9-7-21)34-14-12-33(4)13-15-34/h5-9,16-17,19,24H,10-15,18H2,1-4H3,(H2,29,36)(H2,30,31,32)/b20-5+/t19-,24+/m0/s1. The number of piperidine rings is 1. The van der Waals surface area contributed by atoms with Gasteiger partial charge >= 0.3 is 6.09 Å². The maximum absolute atomic E-state index is 12.4. The maximum atomic E-state index is 12.4. The van der Waals surface area contributed by atoms with E-state index in [1.807, 2.05) is 25.1 Å². The Hall–Kier alpha value is -3.79. The molecule has 1 aromatic carbocycles. The van der Waals surface area contributed by atoms with Crippen molar-refractivity contribution in [3.05, 3.63) is 53.9 Å². The highest BCUT2D eigenvalue weighted by Gasteiger charge is 2.30. The summed E-state index contributed by atoms with van der Waals surface area (Å²) in [6, 6.07) is 10.2. The number of ether oxygens (including phenoxy) is 1. The molecule has 10 heteroatoms. The number of pyridine rings is 1. The van der Waals surface area contributed by atoms with Gasteiger partial charge in [-0.3, -0.25) is 4.79 Å². The second-order valence-electron chi connectivity index (χ2n) is 10.2. The van der Waals surface area contributed by atoms with Crippen LogP contribution >= 0.6 is 0 Å². The van der Waals surface area contributed by atoms with E-state index in [-0.39, 0.29) is 18.1 Å². The number of carbonyl (C=O) groups is 2. The average molecular weight is 522 g/mol. The van der Waals surface area contributed by atoms with Crippen molar-refractivity contribution in [2.24, 2.45) is 11.7 Å². The second kappa shape index (κ2) is 12.2. The number of nitrogens with zero attached hydrogens (tertiary/aromatic N) is 4. The highest BCUT2D eigenvalue weighted by Crippen LogP contribution is 2.27. The molecule has 2 aliphatic rings. The lowest BCUT2D eigenvalue weighted by Crippen LogP contribution is -2.47. The third-order valence-corrected chi connectivity index (χ3v) is 7.34. The molecule has 0 unspecified atom stereocenters. The van der Waals surface area contributed by atoms with Gasteiger partial charge in [-0.05, 0) is 63.6 Å². The number of allylic oxidation sites excluding steroid dienone is 2. The van der Waals surface area contributed by atoms with Gasteiger partial charge in [0.1, 0.15) is 11.6 Å². The van der Waals surface area contributed by atoms with E-state index in [0.717, 1.165) is 31.9 Å². The molecule has 4 N–H and O–H groups in total. The Morgan fingerprint density at radius 2 is 1.84 bits per heavy atom. The van der Waals surface area contributed by atoms with Crippen LogP contribution in [0, 0.1) is 5.92 Å². The largest absolute Gasteiger partial charge is 0.415 e. The Kier molecular flexibility index (Phi) is 8.73. The molecule has 4 rings (SSSR count). The van der Waals surface area contributed by atoms with Gasteiger partial charge in [0.05, 0.1) is 11.3 Å². The first kappa shape index (κ1) is 27.3. The lowest BCUT2D eigenvalue weighted by atomic mass is 9.93. The summed E-state index contributed by atoms with van der Waals surface area (Å²) in [5.41, 5.74) is 8.72. The van der Waals surface area contributed by atoms with Crippen LogP contribution in [-0.2, 0) is 4.74 Å². The molecule has 0 saturated carbocycles. The molecule has 2 fully saturated rings. The molecule has 2 saturated heterocycles. The fourth-order valence-corrected chi connectivity index (χ4v) is 4.79. The SMILES string of the molecule is C/C=C(\C)OC(=O)N1CC[C@@H](Nc2cc(Nc3ccc(N4CCN(C)CC4)cc3)ncc2C(N)=O)[C@@H](C)C1. The first-order valence-electron chi connectivity index (χ1n) is 13.2. The number of carbonyl (C=O) groups excluding carboxylic acids is 2. The van der Waals surface area contributed by atoms with Crippen molar-refractivity contribution in [3.63, 3.8) is 0 Å². The lowest BCUT2D eigenvalue weighted by molar-refractivity contribution is 0.100. The van der Waals surface area contributed by atoms with E-state index in [4.69, 9.17) is 10.5 Å². The normalized spacial score (nSPS) is 20.7. The van der Waals surface area contributed by atoms with E-state index in [9.17, 15) is 9.59 Å². The van der Waals surface area contributed by atoms with Crippen LogP contribution < -0.4 is 21.3 Å². The van der Waals surface area contributed by atoms with Gasteiger partial charge in [-0.15, -0.1) is 0 Å². The summed E-state index contributed by atoms with van der Waals surface area (Å²) in [6.45, 7) is 10.9. The minimum atomic E-state index is -0.543. The van der Waals surface area contributed by atoms with Crippen molar-refractivity contribution >= 4 is 34.9 Å². The number of likely N-dealkylation sites (N-methyl/N-ethyl adjacent to an activating group) is 1. The minimum absolute atomic E-state index is 0.0538. The number of hydrogen-bond acceptors (Lipinski definition) is 8. The molecule has 0 bridgehead atoms. The van der Waals surface area contributed by atoms with Gasteiger partial charge in [0.2, 0.25) is 0 Å². The maximum Gasteiger partial charge on any atom is 0.414 e. The van der Waals surface area contributed by atoms with Gasteiger partial charge < -0.3 is 35.8 Å². The van der Waals surface area contributed by atoms with E-state index in [1.54, 1.807) is 17.9 Å². The predicted molar refractivity (Wildman–Crippen MR) is 151 cm³/mol. The number of rotatable bonds is 7. The van der Waals surface area contributed by atoms with Crippen LogP contribution in [0.1, 0.15) is 37.6 Å². The second-order valence-corrected chi connectivity index (χ2v) is 10.2. The third-order valence-electron chi connectivity index (χ3n) is 7.34. The lowest BCUT2D eigenvalue weighted by Gasteiger charge is -2.37. The van der Waals surface area contributed by atoms with Gasteiger partial charge in [-0.25, -0.2) is 9.78 Å². The van der Waals surface area contributed by atoms with E-state index < -0.39 is 5.91 Å². The van der Waals surface area contributed by atoms with E-state index >= 15 is 0 Å². The summed E-state index contributed by atoms with van der Waals surface area (Å²) in [4.78, 5) is 35.4. The Labute approximate surface area is 224 Å². The molecule has 0 aliphatic carbocycles. The number of aromatic nitrogens is 1. The molecule has 2 amide bonds. The van der Waals surface area contributed by atoms with Gasteiger partial charge in [-0.2, -0.15) is 0 Å². The molecule has 0 spiro atoms. The predicted octanol–water partition coefficient (Wildman–Crippen LogP) is 3.86. The molecule has 1 aromatic heterocycles. The zero-order valence-corrected chi connectivity index (χ0v) is 22.7. The summed E-state index contributed by atoms with van der Waals surface area (Å²) < 4.78 is 5.36. The first-order chi connectivity index (χ1) is 18.2. The Balaban J connectivity index is 1.42. The number of nitrogens with two attached hydrogens (primary N) is 1. The Morgan fingerprint density at radius 1 is 1.13 bits per heavy atom. The third kappa shape index (κ3) is 6.74. The van der Waals surface area contributed by atoms with Crippen LogP contribution in [0.25, 0.3) is 0 Å². The first-order valence-corrected chi connectivity index (χ1v) is 13.2. The summed E-state index contributed by atoms with van der Waals surface area (Å²) in [7, 11) is 2.15. The van der Waals surface area contributed by atoms with Crippen LogP contribution in [0.3, 0.4) is 0 Å². The van der Waals surface area contributed by atoms with Crippen molar-refractivity contribution in [1.29, 1.82) is 0 Å². The zero-order chi connectivity index (χ0) is 27.2. The number of nitrogens with one attached hydrogen (secondary N) is 2. The van der Waals surface area contributed by atoms with Gasteiger partial charge in [0.15, 0.2) is 0 Å². The number of anilines is 4. The number of likely N-dealkylation sites (tertiary alicyclic amines) is 1. The molecule has 2 atom stereocenters. The molecule has 204 valence electrons. The van der Waals surface area contributed by atoms with Crippen LogP contribution in [0.4, 0.5) is 27.7 Å². The minimum Gasteiger partial charge on any atom is -0.415 e. The van der Waals surface area contributed by atoms with Crippen molar-refractivity contribution < 1.29 is 14.3 Å². The van der Waals surface area contributed by atoms with Crippen molar-refractivity contribution in [2.75, 3.05) is 61.8 Å². The highest BCUT2D eigenvalue weighted by molar-refractivity contribution is 5.98. The van der Waals surface area contributed by atoms with Gasteiger partial charge in [-0.1, -0.05) is 6.92 Å². The molecule has 2 aromatic rings. The Morgan fingerprint density at radius 3 is 2.47 bits per heavy atom. The quantitative estimate of drug-likeness (QED) is 0.471. The zero-order valence-electron chi connectivity index (χ0n) is 22.7. The van der Waals surface area contributed by atoms with E-state index in [0.29, 0.717) is 42.3 Å². The summed E-state index contributed by atoms with van der Waals surface area (Å²) >= 11 is 0. The van der Waals surface area contributed by atoms with Crippen molar-refractivity contribution in [3.8, 4) is 0 Å². The smallest absolute Gasteiger partial charge is 0.414 e. The topological polar surface area (TPSA) is 116 Å². The Bertz CT molecular complexity index is 1160. The van der Waals surface area contributed by atoms with Crippen LogP contribution in [-0.4, -0.2) is 79.1 Å². The number of amides is 2. The van der Waals surface area contributed by atoms with E-state index in [1.165, 1.54) is 11.9 Å². The number of benzene rings is 1. The summed E-state index contributed by atoms with van der Waals surface area (Å²) in [5.74, 6) is 0.785. The summed E-state index contributed by atoms with van der Waals surface area (Å²) in [5, 5.41) is 6.83. The molecule has 0 radical (unpaired) electrons. The number of hydrogen-bond donors (Lipinski definition) is 3. The van der Waals surface area contributed by atoms with E-state index in [2.05, 4.69) is 51.5 Å². The molecule has 2 aliphatic heterocycles. The molecule has 10 nitrogen and oxygen atoms in total. The van der Waals surface area contributed by atoms with Crippen LogP contribution in [0.5, 0.6) is 0 Å². The fraction of sp³-hybridized carbons (Fsp3) is 0.464. The van der Waals surface area contributed by atoms with Gasteiger partial charge in [0.25, 0.3) is 5.91 Å².